The van der Waals surface area contributed by atoms with E-state index in [1.165, 1.54) is 0 Å². The zero-order valence-corrected chi connectivity index (χ0v) is 9.20. The average Bonchev–Trinajstić information content (AvgIpc) is 2.18. The van der Waals surface area contributed by atoms with Crippen LogP contribution < -0.4 is 5.73 Å². The maximum Gasteiger partial charge on any atom is 0.239 e. The van der Waals surface area contributed by atoms with Crippen molar-refractivity contribution in [3.8, 4) is 0 Å². The first kappa shape index (κ1) is 11.5. The molecule has 0 bridgehead atoms. The fourth-order valence-electron chi connectivity index (χ4n) is 1.70. The number of amides is 1. The molecule has 1 amide bonds. The number of rotatable bonds is 3. The predicted octanol–water partition coefficient (Wildman–Crippen LogP) is -0.112. The molecule has 0 aromatic rings. The van der Waals surface area contributed by atoms with Gasteiger partial charge < -0.3 is 15.5 Å². The second-order valence-electron chi connectivity index (χ2n) is 4.02. The van der Waals surface area contributed by atoms with Crippen molar-refractivity contribution < 1.29 is 4.79 Å². The van der Waals surface area contributed by atoms with E-state index in [-0.39, 0.29) is 11.9 Å². The Morgan fingerprint density at radius 3 is 2.43 bits per heavy atom. The summed E-state index contributed by atoms with van der Waals surface area (Å²) in [5.74, 6) is 0.125. The molecule has 2 N–H and O–H groups in total. The normalized spacial score (nSPS) is 20.9. The van der Waals surface area contributed by atoms with Gasteiger partial charge in [-0.15, -0.1) is 0 Å². The fourth-order valence-corrected chi connectivity index (χ4v) is 1.70. The summed E-state index contributed by atoms with van der Waals surface area (Å²) in [5, 5.41) is 0. The van der Waals surface area contributed by atoms with Crippen LogP contribution in [-0.2, 0) is 4.79 Å². The van der Waals surface area contributed by atoms with Crippen LogP contribution in [0.1, 0.15) is 19.8 Å². The Labute approximate surface area is 86.0 Å². The van der Waals surface area contributed by atoms with Gasteiger partial charge in [0, 0.05) is 26.2 Å². The lowest BCUT2D eigenvalue weighted by Gasteiger charge is -2.33. The number of likely N-dealkylation sites (N-methyl/N-ethyl adjacent to an activating group) is 1. The Morgan fingerprint density at radius 1 is 1.36 bits per heavy atom. The first-order chi connectivity index (χ1) is 6.65. The van der Waals surface area contributed by atoms with E-state index in [9.17, 15) is 4.79 Å². The molecule has 1 rings (SSSR count). The number of nitrogens with two attached hydrogens (primary N) is 1. The zero-order valence-electron chi connectivity index (χ0n) is 9.20. The maximum absolute atomic E-state index is 11.8. The third-order valence-corrected chi connectivity index (χ3v) is 2.73. The third kappa shape index (κ3) is 2.96. The Kier molecular flexibility index (Phi) is 4.35. The van der Waals surface area contributed by atoms with Gasteiger partial charge in [0.15, 0.2) is 0 Å². The first-order valence-electron chi connectivity index (χ1n) is 5.38. The summed E-state index contributed by atoms with van der Waals surface area (Å²) >= 11 is 0. The first-order valence-corrected chi connectivity index (χ1v) is 5.38. The van der Waals surface area contributed by atoms with E-state index in [1.54, 1.807) is 0 Å². The monoisotopic (exact) mass is 199 g/mol. The summed E-state index contributed by atoms with van der Waals surface area (Å²) in [6.07, 6.45) is 1.77. The van der Waals surface area contributed by atoms with Gasteiger partial charge in [-0.2, -0.15) is 0 Å². The van der Waals surface area contributed by atoms with Crippen LogP contribution in [0.2, 0.25) is 0 Å². The van der Waals surface area contributed by atoms with Crippen molar-refractivity contribution in [3.05, 3.63) is 0 Å². The summed E-state index contributed by atoms with van der Waals surface area (Å²) in [6.45, 7) is 5.63. The molecule has 4 nitrogen and oxygen atoms in total. The summed E-state index contributed by atoms with van der Waals surface area (Å²) in [4.78, 5) is 15.9. The number of piperazine rings is 1. The van der Waals surface area contributed by atoms with Crippen molar-refractivity contribution in [2.45, 2.75) is 25.8 Å². The molecule has 0 radical (unpaired) electrons. The molecule has 0 aromatic heterocycles. The van der Waals surface area contributed by atoms with Crippen LogP contribution in [0.25, 0.3) is 0 Å². The zero-order chi connectivity index (χ0) is 10.6. The van der Waals surface area contributed by atoms with Crippen LogP contribution in [-0.4, -0.2) is 55.0 Å². The molecule has 0 unspecified atom stereocenters. The molecule has 0 aliphatic carbocycles. The number of carbonyl (C=O) groups excluding carboxylic acids is 1. The Balaban J connectivity index is 2.37. The highest BCUT2D eigenvalue weighted by Gasteiger charge is 2.23. The Bertz CT molecular complexity index is 188. The number of carbonyl (C=O) groups is 1. The molecule has 14 heavy (non-hydrogen) atoms. The van der Waals surface area contributed by atoms with Crippen molar-refractivity contribution in [1.29, 1.82) is 0 Å². The molecule has 0 saturated carbocycles. The summed E-state index contributed by atoms with van der Waals surface area (Å²) in [5.41, 5.74) is 5.79. The molecular formula is C10H21N3O. The van der Waals surface area contributed by atoms with Gasteiger partial charge in [0.1, 0.15) is 0 Å². The van der Waals surface area contributed by atoms with E-state index < -0.39 is 0 Å². The van der Waals surface area contributed by atoms with Crippen LogP contribution in [0, 0.1) is 0 Å². The minimum Gasteiger partial charge on any atom is -0.339 e. The van der Waals surface area contributed by atoms with E-state index in [2.05, 4.69) is 18.9 Å². The minimum atomic E-state index is -0.289. The van der Waals surface area contributed by atoms with Crippen LogP contribution in [0.5, 0.6) is 0 Å². The highest BCUT2D eigenvalue weighted by atomic mass is 16.2. The lowest BCUT2D eigenvalue weighted by molar-refractivity contribution is -0.134. The number of hydrogen-bond donors (Lipinski definition) is 1. The third-order valence-electron chi connectivity index (χ3n) is 2.73. The van der Waals surface area contributed by atoms with Gasteiger partial charge >= 0.3 is 0 Å². The molecule has 0 spiro atoms. The highest BCUT2D eigenvalue weighted by Crippen LogP contribution is 2.04. The van der Waals surface area contributed by atoms with Crippen LogP contribution >= 0.6 is 0 Å². The molecule has 1 fully saturated rings. The molecule has 1 atom stereocenters. The molecule has 0 aromatic carbocycles. The van der Waals surface area contributed by atoms with E-state index in [0.29, 0.717) is 0 Å². The number of nitrogens with zero attached hydrogens (tertiary/aromatic N) is 2. The van der Waals surface area contributed by atoms with E-state index in [4.69, 9.17) is 5.73 Å². The van der Waals surface area contributed by atoms with E-state index in [1.807, 2.05) is 4.90 Å². The van der Waals surface area contributed by atoms with Gasteiger partial charge in [-0.05, 0) is 13.5 Å². The summed E-state index contributed by atoms with van der Waals surface area (Å²) in [7, 11) is 2.08. The lowest BCUT2D eigenvalue weighted by atomic mass is 10.1. The van der Waals surface area contributed by atoms with Crippen molar-refractivity contribution in [1.82, 2.24) is 9.80 Å². The van der Waals surface area contributed by atoms with Crippen molar-refractivity contribution in [3.63, 3.8) is 0 Å². The molecule has 1 aliphatic heterocycles. The van der Waals surface area contributed by atoms with Crippen LogP contribution in [0.4, 0.5) is 0 Å². The summed E-state index contributed by atoms with van der Waals surface area (Å²) in [6, 6.07) is -0.289. The topological polar surface area (TPSA) is 49.6 Å². The van der Waals surface area contributed by atoms with Gasteiger partial charge in [-0.1, -0.05) is 13.3 Å². The highest BCUT2D eigenvalue weighted by molar-refractivity contribution is 5.81. The van der Waals surface area contributed by atoms with Crippen molar-refractivity contribution >= 4 is 5.91 Å². The SMILES string of the molecule is CCC[C@H](N)C(=O)N1CCN(C)CC1. The fraction of sp³-hybridized carbons (Fsp3) is 0.900. The predicted molar refractivity (Wildman–Crippen MR) is 57.0 cm³/mol. The van der Waals surface area contributed by atoms with Gasteiger partial charge in [0.2, 0.25) is 5.91 Å². The lowest BCUT2D eigenvalue weighted by Crippen LogP contribution is -2.52. The smallest absolute Gasteiger partial charge is 0.239 e. The van der Waals surface area contributed by atoms with E-state index in [0.717, 1.165) is 39.0 Å². The maximum atomic E-state index is 11.8. The van der Waals surface area contributed by atoms with Gasteiger partial charge in [0.25, 0.3) is 0 Å². The second-order valence-corrected chi connectivity index (χ2v) is 4.02. The second kappa shape index (κ2) is 5.32. The molecule has 82 valence electrons. The number of hydrogen-bond acceptors (Lipinski definition) is 3. The molecule has 1 heterocycles. The molecule has 1 saturated heterocycles. The molecule has 4 heteroatoms. The summed E-state index contributed by atoms with van der Waals surface area (Å²) < 4.78 is 0. The van der Waals surface area contributed by atoms with E-state index >= 15 is 0 Å². The van der Waals surface area contributed by atoms with Crippen LogP contribution in [0.3, 0.4) is 0 Å². The quantitative estimate of drug-likeness (QED) is 0.690. The average molecular weight is 199 g/mol. The van der Waals surface area contributed by atoms with Gasteiger partial charge in [-0.25, -0.2) is 0 Å². The Morgan fingerprint density at radius 2 is 1.93 bits per heavy atom. The Hall–Kier alpha value is -0.610. The van der Waals surface area contributed by atoms with Gasteiger partial charge in [0.05, 0.1) is 6.04 Å². The van der Waals surface area contributed by atoms with Gasteiger partial charge in [-0.3, -0.25) is 4.79 Å². The van der Waals surface area contributed by atoms with Crippen LogP contribution in [0.15, 0.2) is 0 Å². The minimum absolute atomic E-state index is 0.125. The standard InChI is InChI=1S/C10H21N3O/c1-3-4-9(11)10(14)13-7-5-12(2)6-8-13/h9H,3-8,11H2,1-2H3/t9-/m0/s1. The molecular weight excluding hydrogens is 178 g/mol. The van der Waals surface area contributed by atoms with Crippen molar-refractivity contribution in [2.75, 3.05) is 33.2 Å². The molecule has 1 aliphatic rings. The van der Waals surface area contributed by atoms with Crippen molar-refractivity contribution in [2.24, 2.45) is 5.73 Å². The largest absolute Gasteiger partial charge is 0.339 e.